The van der Waals surface area contributed by atoms with Gasteiger partial charge in [-0.1, -0.05) is 17.3 Å². The van der Waals surface area contributed by atoms with Crippen molar-refractivity contribution >= 4 is 56.0 Å². The van der Waals surface area contributed by atoms with Crippen LogP contribution >= 0.6 is 11.3 Å². The van der Waals surface area contributed by atoms with E-state index in [9.17, 15) is 32.7 Å². The predicted octanol–water partition coefficient (Wildman–Crippen LogP) is -0.00860. The number of β-lactam (4-membered cyclic amide) rings is 1. The first-order chi connectivity index (χ1) is 25.0. The van der Waals surface area contributed by atoms with Crippen molar-refractivity contribution in [1.29, 1.82) is 0 Å². The van der Waals surface area contributed by atoms with Crippen molar-refractivity contribution < 1.29 is 55.8 Å². The molecule has 5 rings (SSSR count). The zero-order chi connectivity index (χ0) is 38.5. The molecule has 0 bridgehead atoms. The van der Waals surface area contributed by atoms with Crippen molar-refractivity contribution in [1.82, 2.24) is 20.0 Å². The smallest absolute Gasteiger partial charge is 0.418 e. The number of amides is 1. The number of benzene rings is 1. The summed E-state index contributed by atoms with van der Waals surface area (Å²) < 4.78 is 45.3. The first-order valence-corrected chi connectivity index (χ1v) is 18.8. The number of aryl methyl sites for hydroxylation is 1. The normalized spacial score (nSPS) is 17.9. The molecule has 1 amide bonds. The monoisotopic (exact) mass is 777 g/mol. The number of nitrogens with two attached hydrogens (primary N) is 2. The Morgan fingerprint density at radius 2 is 1.94 bits per heavy atom. The summed E-state index contributed by atoms with van der Waals surface area (Å²) in [5.74, 6) is -3.52. The second-order valence-corrected chi connectivity index (χ2v) is 15.0. The number of carbonyl (C=O) groups excluding carboxylic acids is 3. The Morgan fingerprint density at radius 3 is 2.51 bits per heavy atom. The largest absolute Gasteiger partial charge is 0.489 e. The maximum atomic E-state index is 13.4. The Hall–Kier alpha value is -4.80. The second kappa shape index (κ2) is 16.5. The molecule has 3 aromatic rings. The number of anilines is 1. The maximum absolute atomic E-state index is 13.4. The van der Waals surface area contributed by atoms with Gasteiger partial charge in [-0.05, 0) is 44.5 Å². The van der Waals surface area contributed by atoms with Gasteiger partial charge < -0.3 is 31.5 Å². The van der Waals surface area contributed by atoms with E-state index in [1.54, 1.807) is 24.3 Å². The second-order valence-electron chi connectivity index (χ2n) is 13.1. The van der Waals surface area contributed by atoms with Gasteiger partial charge in [-0.3, -0.25) is 18.9 Å². The van der Waals surface area contributed by atoms with Gasteiger partial charge in [0.25, 0.3) is 12.0 Å². The summed E-state index contributed by atoms with van der Waals surface area (Å²) in [5.41, 5.74) is 10.9. The Balaban J connectivity index is 1.21. The van der Waals surface area contributed by atoms with Crippen LogP contribution in [0.15, 0.2) is 47.2 Å². The predicted molar refractivity (Wildman–Crippen MR) is 187 cm³/mol. The molecule has 2 saturated heterocycles. The molecule has 53 heavy (non-hydrogen) atoms. The van der Waals surface area contributed by atoms with Crippen LogP contribution in [0.3, 0.4) is 0 Å². The van der Waals surface area contributed by atoms with Gasteiger partial charge in [0.2, 0.25) is 6.20 Å². The molecule has 19 nitrogen and oxygen atoms in total. The van der Waals surface area contributed by atoms with Crippen LogP contribution in [0.2, 0.25) is 0 Å². The molecular formula is C32H41N8O11S2+. The van der Waals surface area contributed by atoms with Gasteiger partial charge in [0.15, 0.2) is 29.0 Å². The van der Waals surface area contributed by atoms with E-state index < -0.39 is 64.4 Å². The molecule has 7 N–H and O–H groups in total. The Morgan fingerprint density at radius 1 is 1.23 bits per heavy atom. The number of carboxylic acids is 1. The molecule has 0 unspecified atom stereocenters. The molecule has 0 spiro atoms. The number of oxime groups is 1. The number of ether oxygens (including phenoxy) is 1. The lowest BCUT2D eigenvalue weighted by atomic mass is 9.74. The highest BCUT2D eigenvalue weighted by Gasteiger charge is 2.57. The molecule has 0 aliphatic carbocycles. The number of nitrogen functional groups attached to an aromatic ring is 1. The van der Waals surface area contributed by atoms with E-state index in [2.05, 4.69) is 24.4 Å². The Labute approximate surface area is 308 Å². The van der Waals surface area contributed by atoms with Crippen molar-refractivity contribution in [3.8, 4) is 5.75 Å². The van der Waals surface area contributed by atoms with E-state index in [1.807, 2.05) is 17.1 Å². The fourth-order valence-corrected chi connectivity index (χ4v) is 6.71. The number of ketones is 2. The highest BCUT2D eigenvalue weighted by atomic mass is 32.3. The number of nitrogens with zero attached hydrogens (tertiary/aromatic N) is 5. The first-order valence-electron chi connectivity index (χ1n) is 16.5. The summed E-state index contributed by atoms with van der Waals surface area (Å²) in [6.07, 6.45) is 2.43. The summed E-state index contributed by atoms with van der Waals surface area (Å²) >= 11 is 0.974. The zero-order valence-electron chi connectivity index (χ0n) is 28.9. The number of rotatable bonds is 20. The van der Waals surface area contributed by atoms with Crippen LogP contribution < -0.4 is 26.2 Å². The standard InChI is InChI=1S/C32H40N8O11S2/c1-32(2)23(29(43)40(32)51-53(46,47)48)11-26(42)28(24-18-52-31(34)36-24)37-50-27(30(44)45)17-49-22-6-4-19(5-7-22)10-25(41)21-15-38(9-3-8-33)39(16-21)14-20-12-35-13-20/h4-7,15-16,18,20,23,27,35H,3,8-14,17,33H2,1-2H3,(H3-,34,36,44,45,46,47,48)/p+1/b37-28-/t23-,27+/m1/s1. The maximum Gasteiger partial charge on any atom is 0.418 e. The average molecular weight is 778 g/mol. The van der Waals surface area contributed by atoms with Crippen LogP contribution in [0, 0.1) is 11.8 Å². The molecule has 21 heteroatoms. The minimum absolute atomic E-state index is 0.0408. The molecule has 2 fully saturated rings. The quantitative estimate of drug-likeness (QED) is 0.0252. The van der Waals surface area contributed by atoms with Gasteiger partial charge in [-0.15, -0.1) is 20.3 Å². The van der Waals surface area contributed by atoms with E-state index in [-0.39, 0.29) is 28.8 Å². The van der Waals surface area contributed by atoms with Gasteiger partial charge in [-0.2, -0.15) is 18.2 Å². The number of nitrogens with one attached hydrogen (secondary N) is 1. The number of carboxylic acid groups (broad SMARTS) is 1. The van der Waals surface area contributed by atoms with Crippen molar-refractivity contribution in [2.45, 2.75) is 57.8 Å². The SMILES string of the molecule is CC1(C)[C@H](CC(=O)/C(=N\O[C@@H](COc2ccc(CC(=O)c3cn(CCCN)[n+](CC4CNC4)c3)cc2)C(=O)O)c2csc(N)n2)C(=O)N1OS(=O)(=O)O. The lowest BCUT2D eigenvalue weighted by molar-refractivity contribution is -0.781. The van der Waals surface area contributed by atoms with E-state index in [0.717, 1.165) is 37.4 Å². The van der Waals surface area contributed by atoms with Crippen LogP contribution in [0.4, 0.5) is 5.13 Å². The first kappa shape index (κ1) is 39.4. The van der Waals surface area contributed by atoms with Crippen molar-refractivity contribution in [2.75, 3.05) is 32.0 Å². The van der Waals surface area contributed by atoms with Crippen molar-refractivity contribution in [2.24, 2.45) is 22.7 Å². The number of carbonyl (C=O) groups is 4. The number of aromatic nitrogens is 3. The highest BCUT2D eigenvalue weighted by molar-refractivity contribution is 7.80. The summed E-state index contributed by atoms with van der Waals surface area (Å²) in [5, 5.41) is 18.7. The van der Waals surface area contributed by atoms with Crippen LogP contribution in [-0.2, 0) is 53.4 Å². The lowest BCUT2D eigenvalue weighted by Gasteiger charge is -2.50. The van der Waals surface area contributed by atoms with Gasteiger partial charge in [0.05, 0.1) is 24.2 Å². The summed E-state index contributed by atoms with van der Waals surface area (Å²) in [6.45, 7) is 6.23. The lowest BCUT2D eigenvalue weighted by Crippen LogP contribution is -2.68. The number of thiazole rings is 1. The number of hydrogen-bond acceptors (Lipinski definition) is 15. The average Bonchev–Trinajstić information content (AvgIpc) is 3.70. The van der Waals surface area contributed by atoms with E-state index >= 15 is 0 Å². The number of Topliss-reactive ketones (excluding diaryl/α,β-unsaturated/α-hetero) is 2. The van der Waals surface area contributed by atoms with Gasteiger partial charge >= 0.3 is 16.4 Å². The molecule has 2 aliphatic heterocycles. The molecule has 2 atom stereocenters. The molecule has 4 heterocycles. The van der Waals surface area contributed by atoms with Gasteiger partial charge in [-0.25, -0.2) is 9.78 Å². The minimum Gasteiger partial charge on any atom is -0.489 e. The van der Waals surface area contributed by atoms with Gasteiger partial charge in [0, 0.05) is 37.2 Å². The summed E-state index contributed by atoms with van der Waals surface area (Å²) in [4.78, 5) is 60.5. The molecule has 2 aromatic heterocycles. The number of hydroxylamine groups is 2. The molecule has 286 valence electrons. The molecular weight excluding hydrogens is 737 g/mol. The Bertz CT molecular complexity index is 1970. The fraction of sp³-hybridized carbons (Fsp3) is 0.469. The molecule has 0 saturated carbocycles. The van der Waals surface area contributed by atoms with E-state index in [0.29, 0.717) is 35.2 Å². The molecule has 1 aromatic carbocycles. The minimum atomic E-state index is -5.00. The number of aliphatic carboxylic acids is 1. The fourth-order valence-electron chi connectivity index (χ4n) is 5.70. The van der Waals surface area contributed by atoms with Crippen molar-refractivity contribution in [3.63, 3.8) is 0 Å². The van der Waals surface area contributed by atoms with Crippen LogP contribution in [0.1, 0.15) is 48.3 Å². The summed E-state index contributed by atoms with van der Waals surface area (Å²) in [6, 6.07) is 6.55. The highest BCUT2D eigenvalue weighted by Crippen LogP contribution is 2.40. The topological polar surface area (TPSA) is 272 Å². The number of hydrogen-bond donors (Lipinski definition) is 5. The van der Waals surface area contributed by atoms with Crippen molar-refractivity contribution in [3.05, 3.63) is 58.9 Å². The van der Waals surface area contributed by atoms with Crippen LogP contribution in [0.5, 0.6) is 5.75 Å². The third-order valence-electron chi connectivity index (χ3n) is 8.83. The summed E-state index contributed by atoms with van der Waals surface area (Å²) in [7, 11) is -5.00. The zero-order valence-corrected chi connectivity index (χ0v) is 30.5. The van der Waals surface area contributed by atoms with E-state index in [4.69, 9.17) is 25.6 Å². The molecule has 0 radical (unpaired) electrons. The van der Waals surface area contributed by atoms with Crippen LogP contribution in [0.25, 0.3) is 0 Å². The van der Waals surface area contributed by atoms with E-state index in [1.165, 1.54) is 19.2 Å². The Kier molecular flexibility index (Phi) is 12.2. The third kappa shape index (κ3) is 9.80. The molecule has 2 aliphatic rings. The van der Waals surface area contributed by atoms with Crippen LogP contribution in [-0.4, -0.2) is 99.8 Å². The van der Waals surface area contributed by atoms with Gasteiger partial charge in [0.1, 0.15) is 23.6 Å². The third-order valence-corrected chi connectivity index (χ3v) is 9.84.